The minimum Gasteiger partial charge on any atom is -0.348 e. The lowest BCUT2D eigenvalue weighted by Gasteiger charge is -2.39. The number of hydrogen-bond acceptors (Lipinski definition) is 2. The van der Waals surface area contributed by atoms with Crippen molar-refractivity contribution in [1.29, 1.82) is 0 Å². The third-order valence-corrected chi connectivity index (χ3v) is 4.41. The van der Waals surface area contributed by atoms with Gasteiger partial charge in [-0.15, -0.1) is 0 Å². The zero-order chi connectivity index (χ0) is 14.3. The van der Waals surface area contributed by atoms with Crippen molar-refractivity contribution in [1.82, 2.24) is 10.2 Å². The smallest absolute Gasteiger partial charge is 0.312 e. The van der Waals surface area contributed by atoms with Crippen LogP contribution in [0.1, 0.15) is 53.4 Å². The summed E-state index contributed by atoms with van der Waals surface area (Å²) in [6, 6.07) is 0.244. The molecule has 0 radical (unpaired) electrons. The van der Waals surface area contributed by atoms with Crippen LogP contribution in [0.25, 0.3) is 0 Å². The van der Waals surface area contributed by atoms with Gasteiger partial charge in [-0.2, -0.15) is 0 Å². The summed E-state index contributed by atoms with van der Waals surface area (Å²) < 4.78 is 0. The van der Waals surface area contributed by atoms with Gasteiger partial charge < -0.3 is 10.2 Å². The van der Waals surface area contributed by atoms with E-state index >= 15 is 0 Å². The molecule has 19 heavy (non-hydrogen) atoms. The summed E-state index contributed by atoms with van der Waals surface area (Å²) in [4.78, 5) is 25.9. The molecule has 0 aromatic heterocycles. The molecule has 1 saturated heterocycles. The van der Waals surface area contributed by atoms with Gasteiger partial charge in [-0.3, -0.25) is 9.59 Å². The van der Waals surface area contributed by atoms with Crippen molar-refractivity contribution in [2.24, 2.45) is 10.8 Å². The van der Waals surface area contributed by atoms with Crippen LogP contribution in [0.3, 0.4) is 0 Å². The fourth-order valence-electron chi connectivity index (χ4n) is 4.14. The molecule has 2 unspecified atom stereocenters. The molecule has 0 aromatic rings. The highest BCUT2D eigenvalue weighted by atomic mass is 16.2. The standard InChI is InChI=1S/C15H26N2O2/c1-5-6-16-12(18)13(19)17-10-15(4)8-11(17)7-14(2,3)9-15/h11H,5-10H2,1-4H3,(H,16,18). The summed E-state index contributed by atoms with van der Waals surface area (Å²) >= 11 is 0. The lowest BCUT2D eigenvalue weighted by molar-refractivity contribution is -0.146. The molecule has 2 rings (SSSR count). The quantitative estimate of drug-likeness (QED) is 0.777. The third kappa shape index (κ3) is 2.93. The molecule has 1 aliphatic carbocycles. The van der Waals surface area contributed by atoms with Crippen LogP contribution in [0.4, 0.5) is 0 Å². The summed E-state index contributed by atoms with van der Waals surface area (Å²) in [7, 11) is 0. The number of carbonyl (C=O) groups excluding carboxylic acids is 2. The van der Waals surface area contributed by atoms with Crippen LogP contribution in [-0.2, 0) is 9.59 Å². The number of likely N-dealkylation sites (tertiary alicyclic amines) is 1. The zero-order valence-corrected chi connectivity index (χ0v) is 12.6. The number of nitrogens with one attached hydrogen (secondary N) is 1. The highest BCUT2D eigenvalue weighted by Crippen LogP contribution is 2.52. The minimum atomic E-state index is -0.434. The number of hydrogen-bond donors (Lipinski definition) is 1. The molecule has 4 nitrogen and oxygen atoms in total. The normalized spacial score (nSPS) is 32.2. The molecular weight excluding hydrogens is 240 g/mol. The first-order chi connectivity index (χ1) is 8.76. The van der Waals surface area contributed by atoms with Crippen LogP contribution >= 0.6 is 0 Å². The van der Waals surface area contributed by atoms with Gasteiger partial charge in [0, 0.05) is 19.1 Å². The lowest BCUT2D eigenvalue weighted by Crippen LogP contribution is -2.46. The first kappa shape index (κ1) is 14.4. The molecule has 1 saturated carbocycles. The van der Waals surface area contributed by atoms with Crippen LogP contribution in [0, 0.1) is 10.8 Å². The maximum atomic E-state index is 12.3. The molecule has 2 aliphatic rings. The summed E-state index contributed by atoms with van der Waals surface area (Å²) in [6.45, 7) is 10.1. The zero-order valence-electron chi connectivity index (χ0n) is 12.6. The van der Waals surface area contributed by atoms with Crippen LogP contribution in [-0.4, -0.2) is 35.8 Å². The SMILES string of the molecule is CCCNC(=O)C(=O)N1CC2(C)CC1CC(C)(C)C2. The van der Waals surface area contributed by atoms with E-state index < -0.39 is 5.91 Å². The molecule has 2 bridgehead atoms. The van der Waals surface area contributed by atoms with E-state index in [1.165, 1.54) is 0 Å². The average molecular weight is 266 g/mol. The monoisotopic (exact) mass is 266 g/mol. The Morgan fingerprint density at radius 1 is 1.26 bits per heavy atom. The lowest BCUT2D eigenvalue weighted by atomic mass is 9.65. The average Bonchev–Trinajstić information content (AvgIpc) is 2.54. The molecule has 108 valence electrons. The van der Waals surface area contributed by atoms with Crippen molar-refractivity contribution in [3.63, 3.8) is 0 Å². The Kier molecular flexibility index (Phi) is 3.63. The highest BCUT2D eigenvalue weighted by Gasteiger charge is 2.51. The van der Waals surface area contributed by atoms with E-state index in [-0.39, 0.29) is 22.8 Å². The van der Waals surface area contributed by atoms with Crippen molar-refractivity contribution in [2.75, 3.05) is 13.1 Å². The molecule has 1 aliphatic heterocycles. The maximum absolute atomic E-state index is 12.3. The van der Waals surface area contributed by atoms with Gasteiger partial charge in [-0.25, -0.2) is 0 Å². The number of rotatable bonds is 2. The summed E-state index contributed by atoms with van der Waals surface area (Å²) in [5.74, 6) is -0.768. The summed E-state index contributed by atoms with van der Waals surface area (Å²) in [6.07, 6.45) is 4.04. The van der Waals surface area contributed by atoms with Crippen molar-refractivity contribution < 1.29 is 9.59 Å². The van der Waals surface area contributed by atoms with E-state index in [0.717, 1.165) is 32.2 Å². The number of carbonyl (C=O) groups is 2. The Morgan fingerprint density at radius 2 is 1.95 bits per heavy atom. The summed E-state index contributed by atoms with van der Waals surface area (Å²) in [5.41, 5.74) is 0.458. The third-order valence-electron chi connectivity index (χ3n) is 4.41. The number of nitrogens with zero attached hydrogens (tertiary/aromatic N) is 1. The van der Waals surface area contributed by atoms with Gasteiger partial charge >= 0.3 is 11.8 Å². The topological polar surface area (TPSA) is 49.4 Å². The molecule has 0 spiro atoms. The predicted octanol–water partition coefficient (Wildman–Crippen LogP) is 1.94. The van der Waals surface area contributed by atoms with E-state index in [0.29, 0.717) is 6.54 Å². The van der Waals surface area contributed by atoms with Crippen LogP contribution in [0.15, 0.2) is 0 Å². The number of fused-ring (bicyclic) bond motifs is 2. The van der Waals surface area contributed by atoms with Crippen molar-refractivity contribution in [3.8, 4) is 0 Å². The second-order valence-corrected chi connectivity index (χ2v) is 7.40. The Bertz CT molecular complexity index is 392. The second-order valence-electron chi connectivity index (χ2n) is 7.40. The Morgan fingerprint density at radius 3 is 2.58 bits per heavy atom. The Balaban J connectivity index is 2.07. The van der Waals surface area contributed by atoms with Crippen molar-refractivity contribution in [2.45, 2.75) is 59.4 Å². The minimum absolute atomic E-state index is 0.188. The first-order valence-electron chi connectivity index (χ1n) is 7.35. The highest BCUT2D eigenvalue weighted by molar-refractivity contribution is 6.35. The largest absolute Gasteiger partial charge is 0.348 e. The fraction of sp³-hybridized carbons (Fsp3) is 0.867. The van der Waals surface area contributed by atoms with E-state index in [1.54, 1.807) is 0 Å². The fourth-order valence-corrected chi connectivity index (χ4v) is 4.14. The van der Waals surface area contributed by atoms with Crippen molar-refractivity contribution in [3.05, 3.63) is 0 Å². The molecule has 1 N–H and O–H groups in total. The van der Waals surface area contributed by atoms with Crippen LogP contribution in [0.2, 0.25) is 0 Å². The maximum Gasteiger partial charge on any atom is 0.312 e. The van der Waals surface area contributed by atoms with E-state index in [4.69, 9.17) is 0 Å². The van der Waals surface area contributed by atoms with Gasteiger partial charge in [0.2, 0.25) is 0 Å². The van der Waals surface area contributed by atoms with Gasteiger partial charge in [0.1, 0.15) is 0 Å². The number of amides is 2. The molecule has 2 amide bonds. The molecule has 2 atom stereocenters. The predicted molar refractivity (Wildman–Crippen MR) is 74.5 cm³/mol. The second kappa shape index (κ2) is 4.80. The molecular formula is C15H26N2O2. The van der Waals surface area contributed by atoms with E-state index in [2.05, 4.69) is 26.1 Å². The van der Waals surface area contributed by atoms with Gasteiger partial charge in [0.15, 0.2) is 0 Å². The Hall–Kier alpha value is -1.06. The summed E-state index contributed by atoms with van der Waals surface area (Å²) in [5, 5.41) is 2.69. The molecule has 2 fully saturated rings. The first-order valence-corrected chi connectivity index (χ1v) is 7.35. The molecule has 4 heteroatoms. The van der Waals surface area contributed by atoms with Crippen LogP contribution < -0.4 is 5.32 Å². The van der Waals surface area contributed by atoms with Gasteiger partial charge in [-0.1, -0.05) is 27.7 Å². The van der Waals surface area contributed by atoms with Gasteiger partial charge in [0.25, 0.3) is 0 Å². The Labute approximate surface area is 115 Å². The van der Waals surface area contributed by atoms with Gasteiger partial charge in [0.05, 0.1) is 0 Å². The van der Waals surface area contributed by atoms with Gasteiger partial charge in [-0.05, 0) is 36.5 Å². The van der Waals surface area contributed by atoms with Crippen LogP contribution in [0.5, 0.6) is 0 Å². The molecule has 0 aromatic carbocycles. The van der Waals surface area contributed by atoms with Crippen molar-refractivity contribution >= 4 is 11.8 Å². The molecule has 1 heterocycles. The van der Waals surface area contributed by atoms with E-state index in [9.17, 15) is 9.59 Å². The van der Waals surface area contributed by atoms with E-state index in [1.807, 2.05) is 11.8 Å².